The normalized spacial score (nSPS) is 30.6. The minimum atomic E-state index is 0.824. The van der Waals surface area contributed by atoms with Crippen LogP contribution in [0.4, 0.5) is 0 Å². The Hall–Kier alpha value is 0.0900. The van der Waals surface area contributed by atoms with Gasteiger partial charge in [-0.2, -0.15) is 0 Å². The van der Waals surface area contributed by atoms with Crippen LogP contribution >= 0.6 is 11.8 Å². The van der Waals surface area contributed by atoms with Crippen LogP contribution in [0.15, 0.2) is 11.0 Å². The average Bonchev–Trinajstić information content (AvgIpc) is 1.87. The molecule has 0 aromatic carbocycles. The van der Waals surface area contributed by atoms with E-state index < -0.39 is 0 Å². The lowest BCUT2D eigenvalue weighted by molar-refractivity contribution is 0.858. The maximum Gasteiger partial charge on any atom is 0.00373 e. The van der Waals surface area contributed by atoms with Crippen LogP contribution in [0.3, 0.4) is 0 Å². The largest absolute Gasteiger partial charge is 0.131 e. The summed E-state index contributed by atoms with van der Waals surface area (Å²) in [5.74, 6) is 2.12. The van der Waals surface area contributed by atoms with Gasteiger partial charge in [-0.15, -0.1) is 11.8 Å². The maximum atomic E-state index is 2.32. The van der Waals surface area contributed by atoms with E-state index in [1.54, 1.807) is 0 Å². The Morgan fingerprint density at radius 3 is 2.71 bits per heavy atom. The fourth-order valence-electron chi connectivity index (χ4n) is 0.760. The third kappa shape index (κ3) is 1.23. The van der Waals surface area contributed by atoms with Crippen molar-refractivity contribution in [2.45, 2.75) is 13.8 Å². The van der Waals surface area contributed by atoms with Gasteiger partial charge in [-0.25, -0.2) is 0 Å². The van der Waals surface area contributed by atoms with Crippen molar-refractivity contribution in [3.8, 4) is 0 Å². The van der Waals surface area contributed by atoms with E-state index in [0.29, 0.717) is 0 Å². The topological polar surface area (TPSA) is 0 Å². The summed E-state index contributed by atoms with van der Waals surface area (Å²) in [6.07, 6.45) is 2.32. The monoisotopic (exact) mass is 114 g/mol. The van der Waals surface area contributed by atoms with Gasteiger partial charge in [0.25, 0.3) is 0 Å². The number of thioether (sulfide) groups is 1. The lowest BCUT2D eigenvalue weighted by Crippen LogP contribution is -1.83. The molecule has 1 rings (SSSR count). The second-order valence-electron chi connectivity index (χ2n) is 2.07. The summed E-state index contributed by atoms with van der Waals surface area (Å²) in [4.78, 5) is 1.49. The molecule has 0 aliphatic carbocycles. The fraction of sp³-hybridized carbons (Fsp3) is 0.667. The zero-order valence-corrected chi connectivity index (χ0v) is 5.59. The van der Waals surface area contributed by atoms with Crippen LogP contribution in [0.25, 0.3) is 0 Å². The molecular formula is C6H10S. The quantitative estimate of drug-likeness (QED) is 0.465. The van der Waals surface area contributed by atoms with Gasteiger partial charge >= 0.3 is 0 Å². The van der Waals surface area contributed by atoms with Crippen LogP contribution < -0.4 is 0 Å². The first-order valence-electron chi connectivity index (χ1n) is 2.60. The molecule has 0 saturated carbocycles. The van der Waals surface area contributed by atoms with Crippen molar-refractivity contribution < 1.29 is 0 Å². The van der Waals surface area contributed by atoms with E-state index in [4.69, 9.17) is 0 Å². The van der Waals surface area contributed by atoms with Crippen LogP contribution in [-0.2, 0) is 0 Å². The summed E-state index contributed by atoms with van der Waals surface area (Å²) >= 11 is 1.97. The molecule has 0 fully saturated rings. The molecule has 0 bridgehead atoms. The molecule has 1 heterocycles. The van der Waals surface area contributed by atoms with Gasteiger partial charge in [-0.05, 0) is 17.7 Å². The Morgan fingerprint density at radius 1 is 1.86 bits per heavy atom. The molecule has 1 aliphatic heterocycles. The van der Waals surface area contributed by atoms with Gasteiger partial charge in [0, 0.05) is 5.75 Å². The highest BCUT2D eigenvalue weighted by atomic mass is 32.2. The van der Waals surface area contributed by atoms with E-state index >= 15 is 0 Å². The highest BCUT2D eigenvalue weighted by Gasteiger charge is 2.06. The van der Waals surface area contributed by atoms with E-state index in [1.807, 2.05) is 11.8 Å². The third-order valence-corrected chi connectivity index (χ3v) is 2.38. The van der Waals surface area contributed by atoms with Gasteiger partial charge in [0.05, 0.1) is 0 Å². The minimum absolute atomic E-state index is 0.824. The zero-order valence-electron chi connectivity index (χ0n) is 4.77. The molecule has 0 aromatic rings. The molecule has 1 aliphatic rings. The first kappa shape index (κ1) is 5.23. The Balaban J connectivity index is 2.50. The lowest BCUT2D eigenvalue weighted by atomic mass is 10.2. The van der Waals surface area contributed by atoms with Crippen molar-refractivity contribution in [3.63, 3.8) is 0 Å². The summed E-state index contributed by atoms with van der Waals surface area (Å²) in [6.45, 7) is 4.43. The van der Waals surface area contributed by atoms with E-state index in [2.05, 4.69) is 19.9 Å². The van der Waals surface area contributed by atoms with Crippen LogP contribution in [0, 0.1) is 5.92 Å². The second kappa shape index (κ2) is 1.91. The van der Waals surface area contributed by atoms with Crippen molar-refractivity contribution >= 4 is 11.8 Å². The van der Waals surface area contributed by atoms with E-state index in [9.17, 15) is 0 Å². The highest BCUT2D eigenvalue weighted by molar-refractivity contribution is 8.03. The summed E-state index contributed by atoms with van der Waals surface area (Å²) in [5.41, 5.74) is 0. The molecule has 0 nitrogen and oxygen atoms in total. The van der Waals surface area contributed by atoms with Crippen molar-refractivity contribution in [1.29, 1.82) is 0 Å². The number of hydrogen-bond acceptors (Lipinski definition) is 1. The molecule has 0 N–H and O–H groups in total. The Kier molecular flexibility index (Phi) is 1.43. The van der Waals surface area contributed by atoms with Crippen LogP contribution in [0.5, 0.6) is 0 Å². The first-order chi connectivity index (χ1) is 3.29. The molecule has 0 radical (unpaired) electrons. The molecule has 1 atom stereocenters. The van der Waals surface area contributed by atoms with Gasteiger partial charge in [-0.3, -0.25) is 0 Å². The molecule has 40 valence electrons. The minimum Gasteiger partial charge on any atom is -0.131 e. The molecule has 0 aromatic heterocycles. The second-order valence-corrected chi connectivity index (χ2v) is 3.33. The fourth-order valence-corrected chi connectivity index (χ4v) is 1.71. The van der Waals surface area contributed by atoms with E-state index in [0.717, 1.165) is 5.92 Å². The third-order valence-electron chi connectivity index (χ3n) is 1.09. The number of allylic oxidation sites excluding steroid dienone is 2. The van der Waals surface area contributed by atoms with Gasteiger partial charge in [0.2, 0.25) is 0 Å². The highest BCUT2D eigenvalue weighted by Crippen LogP contribution is 2.27. The Bertz CT molecular complexity index is 94.4. The predicted molar refractivity (Wildman–Crippen MR) is 35.4 cm³/mol. The molecular weight excluding hydrogens is 104 g/mol. The molecule has 1 unspecified atom stereocenters. The molecule has 0 amide bonds. The van der Waals surface area contributed by atoms with Gasteiger partial charge in [0.15, 0.2) is 0 Å². The van der Waals surface area contributed by atoms with E-state index in [1.165, 1.54) is 10.7 Å². The van der Waals surface area contributed by atoms with Crippen molar-refractivity contribution in [2.24, 2.45) is 5.92 Å². The summed E-state index contributed by atoms with van der Waals surface area (Å²) in [5, 5.41) is 0. The summed E-state index contributed by atoms with van der Waals surface area (Å²) in [7, 11) is 0. The van der Waals surface area contributed by atoms with Crippen LogP contribution in [0.1, 0.15) is 13.8 Å². The lowest BCUT2D eigenvalue weighted by Gasteiger charge is -1.88. The Morgan fingerprint density at radius 2 is 2.57 bits per heavy atom. The average molecular weight is 114 g/mol. The summed E-state index contributed by atoms with van der Waals surface area (Å²) in [6, 6.07) is 0. The van der Waals surface area contributed by atoms with Crippen molar-refractivity contribution in [3.05, 3.63) is 11.0 Å². The van der Waals surface area contributed by atoms with E-state index in [-0.39, 0.29) is 0 Å². The van der Waals surface area contributed by atoms with Crippen molar-refractivity contribution in [2.75, 3.05) is 5.75 Å². The van der Waals surface area contributed by atoms with Crippen LogP contribution in [0.2, 0.25) is 0 Å². The van der Waals surface area contributed by atoms with Crippen molar-refractivity contribution in [1.82, 2.24) is 0 Å². The smallest absolute Gasteiger partial charge is 0.00373 e. The molecule has 0 spiro atoms. The SMILES string of the molecule is CC1=CC(C)CS1. The number of rotatable bonds is 0. The van der Waals surface area contributed by atoms with Crippen LogP contribution in [-0.4, -0.2) is 5.75 Å². The molecule has 7 heavy (non-hydrogen) atoms. The first-order valence-corrected chi connectivity index (χ1v) is 3.59. The maximum absolute atomic E-state index is 2.32. The summed E-state index contributed by atoms with van der Waals surface area (Å²) < 4.78 is 0. The standard InChI is InChI=1S/C6H10S/c1-5-3-6(2)7-4-5/h3,5H,4H2,1-2H3. The van der Waals surface area contributed by atoms with Gasteiger partial charge < -0.3 is 0 Å². The zero-order chi connectivity index (χ0) is 5.28. The molecule has 1 heteroatoms. The molecule has 0 saturated heterocycles. The number of hydrogen-bond donors (Lipinski definition) is 0. The van der Waals surface area contributed by atoms with Gasteiger partial charge in [-0.1, -0.05) is 13.0 Å². The predicted octanol–water partition coefficient (Wildman–Crippen LogP) is 2.27. The Labute approximate surface area is 49.0 Å². The van der Waals surface area contributed by atoms with Gasteiger partial charge in [0.1, 0.15) is 0 Å².